The number of imidazole rings is 1. The average molecular weight is 399 g/mol. The maximum absolute atomic E-state index is 13.4. The van der Waals surface area contributed by atoms with E-state index in [9.17, 15) is 9.59 Å². The zero-order valence-corrected chi connectivity index (χ0v) is 16.8. The second-order valence-corrected chi connectivity index (χ2v) is 8.22. The number of rotatable bonds is 2. The maximum Gasteiger partial charge on any atom is 0.276 e. The summed E-state index contributed by atoms with van der Waals surface area (Å²) in [6.07, 6.45) is 5.25. The molecule has 3 aliphatic rings. The van der Waals surface area contributed by atoms with E-state index in [4.69, 9.17) is 9.15 Å². The summed E-state index contributed by atoms with van der Waals surface area (Å²) in [7, 11) is 1.98. The molecule has 2 unspecified atom stereocenters. The number of aromatic nitrogens is 3. The Bertz CT molecular complexity index is 960. The van der Waals surface area contributed by atoms with Crippen molar-refractivity contribution < 1.29 is 18.7 Å². The normalized spacial score (nSPS) is 26.3. The second kappa shape index (κ2) is 6.69. The van der Waals surface area contributed by atoms with Gasteiger partial charge in [0.2, 0.25) is 5.91 Å². The van der Waals surface area contributed by atoms with Crippen LogP contribution in [0.4, 0.5) is 0 Å². The number of oxazole rings is 1. The minimum atomic E-state index is -0.633. The highest BCUT2D eigenvalue weighted by Crippen LogP contribution is 2.43. The summed E-state index contributed by atoms with van der Waals surface area (Å²) in [4.78, 5) is 39.1. The summed E-state index contributed by atoms with van der Waals surface area (Å²) in [6, 6.07) is 0. The van der Waals surface area contributed by atoms with Gasteiger partial charge in [-0.25, -0.2) is 9.97 Å². The van der Waals surface area contributed by atoms with Gasteiger partial charge in [0.25, 0.3) is 5.91 Å². The third-order valence-corrected chi connectivity index (χ3v) is 6.62. The molecule has 0 aromatic carbocycles. The summed E-state index contributed by atoms with van der Waals surface area (Å²) in [5.74, 6) is 0.378. The second-order valence-electron chi connectivity index (χ2n) is 8.22. The SMILES string of the molecule is Cc1ocnc1C(=O)N1CCc2c(ncn2C)C12CCN(C(=O)C1CCOC1)C2. The number of amides is 2. The third-order valence-electron chi connectivity index (χ3n) is 6.62. The highest BCUT2D eigenvalue weighted by atomic mass is 16.5. The van der Waals surface area contributed by atoms with Gasteiger partial charge in [-0.1, -0.05) is 0 Å². The Labute approximate surface area is 168 Å². The summed E-state index contributed by atoms with van der Waals surface area (Å²) in [5, 5.41) is 0. The number of nitrogens with zero attached hydrogens (tertiary/aromatic N) is 5. The molecule has 2 aromatic heterocycles. The lowest BCUT2D eigenvalue weighted by atomic mass is 9.85. The van der Waals surface area contributed by atoms with Gasteiger partial charge in [0.1, 0.15) is 11.3 Å². The van der Waals surface area contributed by atoms with Crippen molar-refractivity contribution >= 4 is 11.8 Å². The molecular formula is C20H25N5O4. The Morgan fingerprint density at radius 3 is 2.86 bits per heavy atom. The number of likely N-dealkylation sites (tertiary alicyclic amines) is 1. The number of fused-ring (bicyclic) bond motifs is 2. The van der Waals surface area contributed by atoms with Crippen molar-refractivity contribution in [2.75, 3.05) is 32.8 Å². The van der Waals surface area contributed by atoms with Gasteiger partial charge < -0.3 is 23.5 Å². The molecule has 9 nitrogen and oxygen atoms in total. The zero-order chi connectivity index (χ0) is 20.2. The summed E-state index contributed by atoms with van der Waals surface area (Å²) >= 11 is 0. The van der Waals surface area contributed by atoms with E-state index in [0.29, 0.717) is 50.7 Å². The molecule has 0 saturated carbocycles. The first-order valence-corrected chi connectivity index (χ1v) is 10.1. The molecule has 0 radical (unpaired) electrons. The Balaban J connectivity index is 1.52. The molecule has 1 spiro atoms. The molecule has 0 N–H and O–H groups in total. The number of hydrogen-bond acceptors (Lipinski definition) is 6. The van der Waals surface area contributed by atoms with Crippen molar-refractivity contribution in [3.8, 4) is 0 Å². The quantitative estimate of drug-likeness (QED) is 0.744. The number of ether oxygens (including phenoxy) is 1. The van der Waals surface area contributed by atoms with Crippen LogP contribution in [-0.4, -0.2) is 69.0 Å². The standard InChI is InChI=1S/C20H25N5O4/c1-13-16(22-12-29-13)19(27)25-6-3-15-17(21-11-23(15)2)20(25)5-7-24(10-20)18(26)14-4-8-28-9-14/h11-12,14H,3-10H2,1-2H3. The Hall–Kier alpha value is -2.68. The molecule has 2 fully saturated rings. The van der Waals surface area contributed by atoms with Crippen LogP contribution in [0.5, 0.6) is 0 Å². The predicted octanol–water partition coefficient (Wildman–Crippen LogP) is 0.879. The van der Waals surface area contributed by atoms with E-state index in [1.807, 2.05) is 21.4 Å². The Morgan fingerprint density at radius 1 is 1.28 bits per heavy atom. The van der Waals surface area contributed by atoms with Crippen molar-refractivity contribution in [2.24, 2.45) is 13.0 Å². The van der Waals surface area contributed by atoms with Crippen LogP contribution in [0.15, 0.2) is 17.1 Å². The highest BCUT2D eigenvalue weighted by molar-refractivity contribution is 5.94. The van der Waals surface area contributed by atoms with Crippen LogP contribution in [-0.2, 0) is 28.5 Å². The zero-order valence-electron chi connectivity index (χ0n) is 16.8. The van der Waals surface area contributed by atoms with Gasteiger partial charge in [-0.05, 0) is 19.8 Å². The van der Waals surface area contributed by atoms with Gasteiger partial charge >= 0.3 is 0 Å². The minimum absolute atomic E-state index is 0.0844. The van der Waals surface area contributed by atoms with Crippen LogP contribution in [0.1, 0.15) is 40.5 Å². The molecule has 5 rings (SSSR count). The van der Waals surface area contributed by atoms with Crippen LogP contribution in [0, 0.1) is 12.8 Å². The van der Waals surface area contributed by atoms with Crippen molar-refractivity contribution in [1.29, 1.82) is 0 Å². The van der Waals surface area contributed by atoms with Crippen LogP contribution in [0.3, 0.4) is 0 Å². The van der Waals surface area contributed by atoms with Gasteiger partial charge in [0, 0.05) is 45.4 Å². The maximum atomic E-state index is 13.4. The molecule has 2 aromatic rings. The Kier molecular flexibility index (Phi) is 4.23. The van der Waals surface area contributed by atoms with E-state index in [-0.39, 0.29) is 17.7 Å². The van der Waals surface area contributed by atoms with Crippen molar-refractivity contribution in [1.82, 2.24) is 24.3 Å². The van der Waals surface area contributed by atoms with Crippen molar-refractivity contribution in [2.45, 2.75) is 31.7 Å². The third kappa shape index (κ3) is 2.71. The first-order valence-electron chi connectivity index (χ1n) is 10.1. The van der Waals surface area contributed by atoms with Gasteiger partial charge in [-0.2, -0.15) is 0 Å². The molecule has 0 bridgehead atoms. The fraction of sp³-hybridized carbons (Fsp3) is 0.600. The van der Waals surface area contributed by atoms with Gasteiger partial charge in [-0.15, -0.1) is 0 Å². The van der Waals surface area contributed by atoms with Crippen LogP contribution in [0.25, 0.3) is 0 Å². The minimum Gasteiger partial charge on any atom is -0.448 e. The lowest BCUT2D eigenvalue weighted by Crippen LogP contribution is -2.56. The van der Waals surface area contributed by atoms with E-state index < -0.39 is 5.54 Å². The van der Waals surface area contributed by atoms with Gasteiger partial charge in [0.05, 0.1) is 24.5 Å². The fourth-order valence-corrected chi connectivity index (χ4v) is 5.02. The van der Waals surface area contributed by atoms with Crippen molar-refractivity contribution in [3.63, 3.8) is 0 Å². The lowest BCUT2D eigenvalue weighted by Gasteiger charge is -2.43. The number of carbonyl (C=O) groups is 2. The molecule has 3 aliphatic heterocycles. The van der Waals surface area contributed by atoms with Crippen LogP contribution in [0.2, 0.25) is 0 Å². The van der Waals surface area contributed by atoms with Crippen molar-refractivity contribution in [3.05, 3.63) is 35.6 Å². The van der Waals surface area contributed by atoms with E-state index >= 15 is 0 Å². The number of aryl methyl sites for hydroxylation is 2. The molecule has 5 heterocycles. The lowest BCUT2D eigenvalue weighted by molar-refractivity contribution is -0.135. The largest absolute Gasteiger partial charge is 0.448 e. The smallest absolute Gasteiger partial charge is 0.276 e. The van der Waals surface area contributed by atoms with E-state index in [1.165, 1.54) is 6.39 Å². The van der Waals surface area contributed by atoms with E-state index in [0.717, 1.165) is 24.2 Å². The Morgan fingerprint density at radius 2 is 2.14 bits per heavy atom. The molecule has 9 heteroatoms. The van der Waals surface area contributed by atoms with Crippen LogP contribution < -0.4 is 0 Å². The van der Waals surface area contributed by atoms with Crippen LogP contribution >= 0.6 is 0 Å². The van der Waals surface area contributed by atoms with Gasteiger partial charge in [-0.3, -0.25) is 9.59 Å². The molecule has 2 atom stereocenters. The topological polar surface area (TPSA) is 93.7 Å². The fourth-order valence-electron chi connectivity index (χ4n) is 5.02. The molecule has 2 saturated heterocycles. The van der Waals surface area contributed by atoms with Gasteiger partial charge in [0.15, 0.2) is 12.1 Å². The molecule has 0 aliphatic carbocycles. The summed E-state index contributed by atoms with van der Waals surface area (Å²) < 4.78 is 12.7. The average Bonchev–Trinajstić information content (AvgIpc) is 3.49. The monoisotopic (exact) mass is 399 g/mol. The number of carbonyl (C=O) groups excluding carboxylic acids is 2. The molecular weight excluding hydrogens is 374 g/mol. The molecule has 29 heavy (non-hydrogen) atoms. The predicted molar refractivity (Wildman–Crippen MR) is 101 cm³/mol. The number of hydrogen-bond donors (Lipinski definition) is 0. The molecule has 2 amide bonds. The molecule has 154 valence electrons. The highest BCUT2D eigenvalue weighted by Gasteiger charge is 2.53. The first-order chi connectivity index (χ1) is 14.0. The summed E-state index contributed by atoms with van der Waals surface area (Å²) in [5.41, 5.74) is 1.73. The van der Waals surface area contributed by atoms with E-state index in [2.05, 4.69) is 9.97 Å². The first kappa shape index (κ1) is 18.4. The summed E-state index contributed by atoms with van der Waals surface area (Å²) in [6.45, 7) is 4.48. The van der Waals surface area contributed by atoms with E-state index in [1.54, 1.807) is 13.3 Å².